The van der Waals surface area contributed by atoms with Crippen molar-refractivity contribution in [1.82, 2.24) is 14.8 Å². The van der Waals surface area contributed by atoms with Gasteiger partial charge in [0.05, 0.1) is 5.56 Å². The van der Waals surface area contributed by atoms with E-state index < -0.39 is 0 Å². The van der Waals surface area contributed by atoms with E-state index in [1.807, 2.05) is 28.8 Å². The highest BCUT2D eigenvalue weighted by Gasteiger charge is 2.26. The Balaban J connectivity index is 1.34. The Morgan fingerprint density at radius 2 is 1.74 bits per heavy atom. The topological polar surface area (TPSA) is 39.7 Å². The number of thioether (sulfide) groups is 1. The van der Waals surface area contributed by atoms with E-state index in [1.54, 1.807) is 6.20 Å². The molecule has 148 valence electrons. The largest absolute Gasteiger partial charge is 0.355 e. The molecule has 0 aromatic carbocycles. The lowest BCUT2D eigenvalue weighted by Gasteiger charge is -2.33. The first-order chi connectivity index (χ1) is 13.3. The van der Waals surface area contributed by atoms with Gasteiger partial charge in [0.1, 0.15) is 5.82 Å². The monoisotopic (exact) mass is 388 g/mol. The number of hydrogen-bond acceptors (Lipinski definition) is 5. The molecular formula is C21H32N4OS. The van der Waals surface area contributed by atoms with Crippen LogP contribution in [0.15, 0.2) is 18.3 Å². The van der Waals surface area contributed by atoms with Crippen LogP contribution in [0.25, 0.3) is 0 Å². The molecule has 1 aromatic heterocycles. The first kappa shape index (κ1) is 19.1. The smallest absolute Gasteiger partial charge is 0.255 e. The second kappa shape index (κ2) is 9.28. The minimum atomic E-state index is 0.147. The highest BCUT2D eigenvalue weighted by atomic mass is 32.2. The highest BCUT2D eigenvalue weighted by Crippen LogP contribution is 2.24. The van der Waals surface area contributed by atoms with Crippen LogP contribution >= 0.6 is 11.8 Å². The number of hydrogen-bond donors (Lipinski definition) is 0. The van der Waals surface area contributed by atoms with Gasteiger partial charge in [-0.25, -0.2) is 4.98 Å². The standard InChI is InChI=1S/C21H32N4OS/c26-21(18-7-8-20(22-17-18)24-13-15-27-16-14-24)25-10-4-9-23(11-12-25)19-5-2-1-3-6-19/h7-8,17,19H,1-6,9-16H2. The summed E-state index contributed by atoms with van der Waals surface area (Å²) in [4.78, 5) is 24.6. The molecule has 3 aliphatic rings. The van der Waals surface area contributed by atoms with E-state index in [4.69, 9.17) is 0 Å². The lowest BCUT2D eigenvalue weighted by atomic mass is 9.94. The summed E-state index contributed by atoms with van der Waals surface area (Å²) in [5, 5.41) is 0. The Morgan fingerprint density at radius 3 is 2.48 bits per heavy atom. The third kappa shape index (κ3) is 4.77. The Kier molecular flexibility index (Phi) is 6.56. The van der Waals surface area contributed by atoms with Crippen LogP contribution in [0.5, 0.6) is 0 Å². The molecule has 27 heavy (non-hydrogen) atoms. The fourth-order valence-electron chi connectivity index (χ4n) is 4.63. The molecule has 0 bridgehead atoms. The molecular weight excluding hydrogens is 356 g/mol. The van der Waals surface area contributed by atoms with Crippen LogP contribution in [0.4, 0.5) is 5.82 Å². The van der Waals surface area contributed by atoms with E-state index in [0.717, 1.165) is 74.6 Å². The summed E-state index contributed by atoms with van der Waals surface area (Å²) >= 11 is 2.00. The molecule has 1 aromatic rings. The number of anilines is 1. The van der Waals surface area contributed by atoms with Crippen LogP contribution in [-0.4, -0.2) is 77.5 Å². The van der Waals surface area contributed by atoms with Gasteiger partial charge < -0.3 is 9.80 Å². The molecule has 1 saturated carbocycles. The van der Waals surface area contributed by atoms with Gasteiger partial charge in [-0.05, 0) is 31.4 Å². The van der Waals surface area contributed by atoms with Crippen molar-refractivity contribution < 1.29 is 4.79 Å². The number of amides is 1. The summed E-state index contributed by atoms with van der Waals surface area (Å²) < 4.78 is 0. The van der Waals surface area contributed by atoms with Gasteiger partial charge in [0.2, 0.25) is 0 Å². The first-order valence-corrected chi connectivity index (χ1v) is 11.8. The summed E-state index contributed by atoms with van der Waals surface area (Å²) in [6.07, 6.45) is 9.69. The zero-order valence-electron chi connectivity index (χ0n) is 16.3. The molecule has 0 spiro atoms. The van der Waals surface area contributed by atoms with Gasteiger partial charge in [-0.1, -0.05) is 19.3 Å². The Morgan fingerprint density at radius 1 is 0.926 bits per heavy atom. The van der Waals surface area contributed by atoms with Crippen LogP contribution < -0.4 is 4.90 Å². The second-order valence-corrected chi connectivity index (χ2v) is 9.20. The number of nitrogens with zero attached hydrogens (tertiary/aromatic N) is 4. The zero-order chi connectivity index (χ0) is 18.5. The molecule has 0 unspecified atom stereocenters. The molecule has 3 heterocycles. The van der Waals surface area contributed by atoms with Crippen LogP contribution in [0.2, 0.25) is 0 Å². The molecule has 5 nitrogen and oxygen atoms in total. The van der Waals surface area contributed by atoms with Crippen molar-refractivity contribution >= 4 is 23.5 Å². The van der Waals surface area contributed by atoms with Gasteiger partial charge in [0.15, 0.2) is 0 Å². The maximum atomic E-state index is 13.0. The number of carbonyl (C=O) groups excluding carboxylic acids is 1. The summed E-state index contributed by atoms with van der Waals surface area (Å²) in [5.74, 6) is 3.47. The fourth-order valence-corrected chi connectivity index (χ4v) is 5.53. The Labute approximate surface area is 167 Å². The summed E-state index contributed by atoms with van der Waals surface area (Å²) in [5.41, 5.74) is 0.733. The van der Waals surface area contributed by atoms with Gasteiger partial charge in [-0.2, -0.15) is 11.8 Å². The van der Waals surface area contributed by atoms with Crippen LogP contribution in [0, 0.1) is 0 Å². The predicted octanol–water partition coefficient (Wildman–Crippen LogP) is 3.12. The average Bonchev–Trinajstić information content (AvgIpc) is 3.01. The van der Waals surface area contributed by atoms with Crippen LogP contribution in [-0.2, 0) is 0 Å². The van der Waals surface area contributed by atoms with Crippen molar-refractivity contribution in [3.8, 4) is 0 Å². The number of carbonyl (C=O) groups is 1. The molecule has 2 aliphatic heterocycles. The molecule has 4 rings (SSSR count). The minimum absolute atomic E-state index is 0.147. The SMILES string of the molecule is O=C(c1ccc(N2CCSCC2)nc1)N1CCCN(C2CCCCC2)CC1. The normalized spacial score (nSPS) is 23.3. The maximum absolute atomic E-state index is 13.0. The van der Waals surface area contributed by atoms with Gasteiger partial charge in [0.25, 0.3) is 5.91 Å². The lowest BCUT2D eigenvalue weighted by Crippen LogP contribution is -2.40. The lowest BCUT2D eigenvalue weighted by molar-refractivity contribution is 0.0754. The van der Waals surface area contributed by atoms with E-state index in [-0.39, 0.29) is 5.91 Å². The summed E-state index contributed by atoms with van der Waals surface area (Å²) in [6.45, 7) is 5.97. The van der Waals surface area contributed by atoms with Crippen LogP contribution in [0.3, 0.4) is 0 Å². The average molecular weight is 389 g/mol. The number of pyridine rings is 1. The van der Waals surface area contributed by atoms with E-state index in [9.17, 15) is 4.79 Å². The molecule has 3 fully saturated rings. The summed E-state index contributed by atoms with van der Waals surface area (Å²) in [6, 6.07) is 4.74. The summed E-state index contributed by atoms with van der Waals surface area (Å²) in [7, 11) is 0. The quantitative estimate of drug-likeness (QED) is 0.796. The van der Waals surface area contributed by atoms with Crippen molar-refractivity contribution in [3.63, 3.8) is 0 Å². The van der Waals surface area contributed by atoms with Crippen LogP contribution in [0.1, 0.15) is 48.9 Å². The number of aromatic nitrogens is 1. The van der Waals surface area contributed by atoms with E-state index in [1.165, 1.54) is 32.1 Å². The highest BCUT2D eigenvalue weighted by molar-refractivity contribution is 7.99. The van der Waals surface area contributed by atoms with E-state index >= 15 is 0 Å². The maximum Gasteiger partial charge on any atom is 0.255 e. The van der Waals surface area contributed by atoms with Gasteiger partial charge in [0, 0.05) is 63.0 Å². The first-order valence-electron chi connectivity index (χ1n) is 10.6. The fraction of sp³-hybridized carbons (Fsp3) is 0.714. The number of rotatable bonds is 3. The second-order valence-electron chi connectivity index (χ2n) is 7.98. The van der Waals surface area contributed by atoms with Gasteiger partial charge in [-0.15, -0.1) is 0 Å². The van der Waals surface area contributed by atoms with Gasteiger partial charge in [-0.3, -0.25) is 9.69 Å². The molecule has 0 N–H and O–H groups in total. The van der Waals surface area contributed by atoms with Crippen molar-refractivity contribution in [1.29, 1.82) is 0 Å². The minimum Gasteiger partial charge on any atom is -0.355 e. The van der Waals surface area contributed by atoms with Gasteiger partial charge >= 0.3 is 0 Å². The molecule has 0 atom stereocenters. The molecule has 0 radical (unpaired) electrons. The van der Waals surface area contributed by atoms with Crippen molar-refractivity contribution in [2.45, 2.75) is 44.6 Å². The van der Waals surface area contributed by atoms with Crippen molar-refractivity contribution in [2.24, 2.45) is 0 Å². The zero-order valence-corrected chi connectivity index (χ0v) is 17.1. The third-order valence-electron chi connectivity index (χ3n) is 6.24. The van der Waals surface area contributed by atoms with Crippen molar-refractivity contribution in [3.05, 3.63) is 23.9 Å². The Bertz CT molecular complexity index is 611. The van der Waals surface area contributed by atoms with Crippen molar-refractivity contribution in [2.75, 3.05) is 55.7 Å². The van der Waals surface area contributed by atoms with E-state index in [0.29, 0.717) is 0 Å². The predicted molar refractivity (Wildman–Crippen MR) is 113 cm³/mol. The van der Waals surface area contributed by atoms with E-state index in [2.05, 4.69) is 14.8 Å². The molecule has 1 aliphatic carbocycles. The molecule has 6 heteroatoms. The molecule has 1 amide bonds. The molecule has 2 saturated heterocycles. The Hall–Kier alpha value is -1.27. The third-order valence-corrected chi connectivity index (χ3v) is 7.18.